The Bertz CT molecular complexity index is 593. The molecule has 0 aliphatic carbocycles. The van der Waals surface area contributed by atoms with Crippen molar-refractivity contribution in [2.45, 2.75) is 33.6 Å². The largest absolute Gasteiger partial charge is 0.358 e. The van der Waals surface area contributed by atoms with Crippen molar-refractivity contribution in [3.05, 3.63) is 45.2 Å². The lowest BCUT2D eigenvalue weighted by Gasteiger charge is -2.08. The molecule has 2 rings (SSSR count). The van der Waals surface area contributed by atoms with Crippen LogP contribution in [0.3, 0.4) is 0 Å². The molecule has 1 aromatic heterocycles. The van der Waals surface area contributed by atoms with E-state index in [-0.39, 0.29) is 5.43 Å². The van der Waals surface area contributed by atoms with Crippen LogP contribution in [-0.4, -0.2) is 4.98 Å². The molecule has 0 aliphatic heterocycles. The first-order chi connectivity index (χ1) is 7.50. The van der Waals surface area contributed by atoms with Gasteiger partial charge < -0.3 is 4.98 Å². The lowest BCUT2D eigenvalue weighted by Crippen LogP contribution is -2.10. The van der Waals surface area contributed by atoms with Crippen LogP contribution in [0, 0.1) is 13.8 Å². The molecule has 0 spiro atoms. The standard InChI is InChI=1S/C14H17NO/c1-8(2)11-5-6-13-12(7-11)14(16)9(3)10(4)15-13/h5-8H,1-4H3,(H,15,16). The minimum absolute atomic E-state index is 0.147. The van der Waals surface area contributed by atoms with Crippen molar-refractivity contribution in [1.82, 2.24) is 4.98 Å². The van der Waals surface area contributed by atoms with Crippen LogP contribution in [-0.2, 0) is 0 Å². The molecule has 84 valence electrons. The number of aryl methyl sites for hydroxylation is 1. The minimum atomic E-state index is 0.147. The second-order valence-electron chi connectivity index (χ2n) is 4.66. The predicted octanol–water partition coefficient (Wildman–Crippen LogP) is 3.27. The Kier molecular flexibility index (Phi) is 2.58. The van der Waals surface area contributed by atoms with Crippen molar-refractivity contribution in [2.24, 2.45) is 0 Å². The SMILES string of the molecule is Cc1[nH]c2ccc(C(C)C)cc2c(=O)c1C. The molecule has 0 unspecified atom stereocenters. The number of fused-ring (bicyclic) bond motifs is 1. The quantitative estimate of drug-likeness (QED) is 0.778. The summed E-state index contributed by atoms with van der Waals surface area (Å²) in [5.41, 5.74) is 4.05. The molecule has 0 saturated carbocycles. The van der Waals surface area contributed by atoms with Crippen LogP contribution < -0.4 is 5.43 Å². The van der Waals surface area contributed by atoms with Gasteiger partial charge in [0.25, 0.3) is 0 Å². The Morgan fingerprint density at radius 1 is 1.19 bits per heavy atom. The summed E-state index contributed by atoms with van der Waals surface area (Å²) in [6.45, 7) is 8.08. The maximum absolute atomic E-state index is 12.1. The molecule has 2 aromatic rings. The highest BCUT2D eigenvalue weighted by Gasteiger charge is 2.07. The molecular formula is C14H17NO. The third-order valence-electron chi connectivity index (χ3n) is 3.18. The van der Waals surface area contributed by atoms with Gasteiger partial charge in [-0.2, -0.15) is 0 Å². The van der Waals surface area contributed by atoms with E-state index in [0.29, 0.717) is 5.92 Å². The first-order valence-electron chi connectivity index (χ1n) is 5.64. The highest BCUT2D eigenvalue weighted by molar-refractivity contribution is 5.80. The summed E-state index contributed by atoms with van der Waals surface area (Å²) in [6, 6.07) is 6.08. The van der Waals surface area contributed by atoms with Crippen LogP contribution in [0.4, 0.5) is 0 Å². The van der Waals surface area contributed by atoms with E-state index in [1.807, 2.05) is 26.0 Å². The summed E-state index contributed by atoms with van der Waals surface area (Å²) in [6.07, 6.45) is 0. The molecule has 0 radical (unpaired) electrons. The molecule has 2 nitrogen and oxygen atoms in total. The summed E-state index contributed by atoms with van der Waals surface area (Å²) >= 11 is 0. The summed E-state index contributed by atoms with van der Waals surface area (Å²) in [4.78, 5) is 15.4. The van der Waals surface area contributed by atoms with Crippen LogP contribution in [0.2, 0.25) is 0 Å². The summed E-state index contributed by atoms with van der Waals surface area (Å²) in [5.74, 6) is 0.449. The Morgan fingerprint density at radius 3 is 2.50 bits per heavy atom. The van der Waals surface area contributed by atoms with Gasteiger partial charge in [0, 0.05) is 22.2 Å². The lowest BCUT2D eigenvalue weighted by atomic mass is 10.00. The van der Waals surface area contributed by atoms with Gasteiger partial charge >= 0.3 is 0 Å². The van der Waals surface area contributed by atoms with Gasteiger partial charge in [-0.05, 0) is 37.5 Å². The number of rotatable bonds is 1. The van der Waals surface area contributed by atoms with E-state index >= 15 is 0 Å². The second-order valence-corrected chi connectivity index (χ2v) is 4.66. The molecule has 0 amide bonds. The highest BCUT2D eigenvalue weighted by atomic mass is 16.1. The Morgan fingerprint density at radius 2 is 1.88 bits per heavy atom. The summed E-state index contributed by atoms with van der Waals surface area (Å²) in [5, 5.41) is 0.800. The molecule has 0 atom stereocenters. The first-order valence-corrected chi connectivity index (χ1v) is 5.64. The number of H-pyrrole nitrogens is 1. The zero-order valence-electron chi connectivity index (χ0n) is 10.2. The van der Waals surface area contributed by atoms with Gasteiger partial charge in [0.15, 0.2) is 5.43 Å². The molecule has 0 fully saturated rings. The average Bonchev–Trinajstić information content (AvgIpc) is 2.25. The fourth-order valence-electron chi connectivity index (χ4n) is 1.89. The van der Waals surface area contributed by atoms with Crippen molar-refractivity contribution < 1.29 is 0 Å². The van der Waals surface area contributed by atoms with Gasteiger partial charge in [-0.1, -0.05) is 19.9 Å². The zero-order chi connectivity index (χ0) is 11.9. The fourth-order valence-corrected chi connectivity index (χ4v) is 1.89. The number of hydrogen-bond acceptors (Lipinski definition) is 1. The van der Waals surface area contributed by atoms with E-state index in [2.05, 4.69) is 24.9 Å². The Labute approximate surface area is 95.3 Å². The van der Waals surface area contributed by atoms with Gasteiger partial charge in [0.05, 0.1) is 0 Å². The third kappa shape index (κ3) is 1.64. The van der Waals surface area contributed by atoms with Crippen LogP contribution >= 0.6 is 0 Å². The van der Waals surface area contributed by atoms with Crippen molar-refractivity contribution >= 4 is 10.9 Å². The van der Waals surface area contributed by atoms with E-state index in [0.717, 1.165) is 22.2 Å². The predicted molar refractivity (Wildman–Crippen MR) is 68.1 cm³/mol. The van der Waals surface area contributed by atoms with Crippen LogP contribution in [0.5, 0.6) is 0 Å². The topological polar surface area (TPSA) is 32.9 Å². The van der Waals surface area contributed by atoms with E-state index in [9.17, 15) is 4.79 Å². The summed E-state index contributed by atoms with van der Waals surface area (Å²) < 4.78 is 0. The molecule has 0 saturated heterocycles. The smallest absolute Gasteiger partial charge is 0.192 e. The molecule has 1 aromatic carbocycles. The van der Waals surface area contributed by atoms with E-state index in [4.69, 9.17) is 0 Å². The fraction of sp³-hybridized carbons (Fsp3) is 0.357. The van der Waals surface area contributed by atoms with Crippen molar-refractivity contribution in [3.63, 3.8) is 0 Å². The molecule has 1 N–H and O–H groups in total. The van der Waals surface area contributed by atoms with Gasteiger partial charge in [0.1, 0.15) is 0 Å². The van der Waals surface area contributed by atoms with Gasteiger partial charge in [-0.3, -0.25) is 4.79 Å². The monoisotopic (exact) mass is 215 g/mol. The summed E-state index contributed by atoms with van der Waals surface area (Å²) in [7, 11) is 0. The van der Waals surface area contributed by atoms with Crippen LogP contribution in [0.25, 0.3) is 10.9 Å². The maximum atomic E-state index is 12.1. The van der Waals surface area contributed by atoms with Crippen molar-refractivity contribution in [1.29, 1.82) is 0 Å². The number of aromatic nitrogens is 1. The normalized spacial score (nSPS) is 11.3. The maximum Gasteiger partial charge on any atom is 0.192 e. The number of pyridine rings is 1. The van der Waals surface area contributed by atoms with Gasteiger partial charge in [0.2, 0.25) is 0 Å². The van der Waals surface area contributed by atoms with E-state index in [1.165, 1.54) is 5.56 Å². The van der Waals surface area contributed by atoms with Crippen LogP contribution in [0.15, 0.2) is 23.0 Å². The van der Waals surface area contributed by atoms with Crippen molar-refractivity contribution in [2.75, 3.05) is 0 Å². The van der Waals surface area contributed by atoms with Crippen LogP contribution in [0.1, 0.15) is 36.6 Å². The Hall–Kier alpha value is -1.57. The zero-order valence-corrected chi connectivity index (χ0v) is 10.2. The number of aromatic amines is 1. The number of nitrogens with one attached hydrogen (secondary N) is 1. The van der Waals surface area contributed by atoms with E-state index < -0.39 is 0 Å². The Balaban J connectivity index is 2.83. The number of benzene rings is 1. The highest BCUT2D eigenvalue weighted by Crippen LogP contribution is 2.19. The number of hydrogen-bond donors (Lipinski definition) is 1. The second kappa shape index (κ2) is 3.78. The molecule has 0 aliphatic rings. The first kappa shape index (κ1) is 10.9. The molecule has 1 heterocycles. The molecule has 0 bridgehead atoms. The third-order valence-corrected chi connectivity index (χ3v) is 3.18. The van der Waals surface area contributed by atoms with Gasteiger partial charge in [-0.25, -0.2) is 0 Å². The van der Waals surface area contributed by atoms with E-state index in [1.54, 1.807) is 0 Å². The molecule has 2 heteroatoms. The minimum Gasteiger partial charge on any atom is -0.358 e. The average molecular weight is 215 g/mol. The molecule has 16 heavy (non-hydrogen) atoms. The van der Waals surface area contributed by atoms with Crippen molar-refractivity contribution in [3.8, 4) is 0 Å². The van der Waals surface area contributed by atoms with Gasteiger partial charge in [-0.15, -0.1) is 0 Å². The lowest BCUT2D eigenvalue weighted by molar-refractivity contribution is 0.868. The molecular weight excluding hydrogens is 198 g/mol.